The molecule has 0 saturated heterocycles. The van der Waals surface area contributed by atoms with Crippen LogP contribution in [0.25, 0.3) is 0 Å². The highest BCUT2D eigenvalue weighted by Crippen LogP contribution is 2.29. The second kappa shape index (κ2) is 6.48. The van der Waals surface area contributed by atoms with Crippen LogP contribution in [0.4, 0.5) is 0 Å². The van der Waals surface area contributed by atoms with Gasteiger partial charge in [0.05, 0.1) is 7.11 Å². The molecule has 1 N–H and O–H groups in total. The van der Waals surface area contributed by atoms with Crippen LogP contribution in [0.1, 0.15) is 11.1 Å². The molecule has 0 bridgehead atoms. The minimum atomic E-state index is 0.252. The number of phenolic OH excluding ortho intramolecular Hbond substituents is 1. The lowest BCUT2D eigenvalue weighted by Gasteiger charge is -2.12. The lowest BCUT2D eigenvalue weighted by molar-refractivity contribution is 0.284. The molecule has 2 rings (SSSR count). The molecule has 0 atom stereocenters. The summed E-state index contributed by atoms with van der Waals surface area (Å²) in [6, 6.07) is 12.8. The number of rotatable bonds is 5. The Hall–Kier alpha value is -1.68. The molecule has 4 heteroatoms. The summed E-state index contributed by atoms with van der Waals surface area (Å²) < 4.78 is 11.0. The van der Waals surface area contributed by atoms with Gasteiger partial charge in [0.2, 0.25) is 0 Å². The number of ether oxygens (including phenoxy) is 2. The Morgan fingerprint density at radius 3 is 2.32 bits per heavy atom. The maximum Gasteiger partial charge on any atom is 0.161 e. The van der Waals surface area contributed by atoms with Crippen molar-refractivity contribution in [2.45, 2.75) is 11.9 Å². The summed E-state index contributed by atoms with van der Waals surface area (Å²) in [5.74, 6) is 1.68. The second-order valence-electron chi connectivity index (χ2n) is 4.07. The third-order valence-electron chi connectivity index (χ3n) is 2.71. The van der Waals surface area contributed by atoms with Gasteiger partial charge in [-0.3, -0.25) is 0 Å². The molecule has 0 fully saturated rings. The lowest BCUT2D eigenvalue weighted by Crippen LogP contribution is -1.98. The van der Waals surface area contributed by atoms with Crippen molar-refractivity contribution in [1.82, 2.24) is 0 Å². The van der Waals surface area contributed by atoms with Gasteiger partial charge in [-0.15, -0.1) is 0 Å². The average molecular weight is 323 g/mol. The molecule has 2 aromatic carbocycles. The molecule has 0 saturated carbocycles. The first-order chi connectivity index (χ1) is 9.22. The lowest BCUT2D eigenvalue weighted by atomic mass is 10.2. The molecule has 0 aromatic heterocycles. The van der Waals surface area contributed by atoms with Gasteiger partial charge >= 0.3 is 0 Å². The minimum Gasteiger partial charge on any atom is -0.508 e. The van der Waals surface area contributed by atoms with E-state index in [9.17, 15) is 5.11 Å². The molecule has 2 aromatic rings. The summed E-state index contributed by atoms with van der Waals surface area (Å²) in [6.45, 7) is 0.433. The fraction of sp³-hybridized carbons (Fsp3) is 0.200. The second-order valence-corrected chi connectivity index (χ2v) is 4.63. The van der Waals surface area contributed by atoms with E-state index in [4.69, 9.17) is 9.47 Å². The first-order valence-corrected chi connectivity index (χ1v) is 6.98. The van der Waals surface area contributed by atoms with Gasteiger partial charge in [-0.2, -0.15) is 0 Å². The molecule has 0 unspecified atom stereocenters. The minimum absolute atomic E-state index is 0.252. The van der Waals surface area contributed by atoms with Crippen LogP contribution in [0.5, 0.6) is 17.2 Å². The predicted octanol–water partition coefficient (Wildman–Crippen LogP) is 3.87. The largest absolute Gasteiger partial charge is 0.508 e. The first kappa shape index (κ1) is 13.7. The van der Waals surface area contributed by atoms with Crippen LogP contribution in [0.15, 0.2) is 42.5 Å². The molecule has 0 radical (unpaired) electrons. The Bertz CT molecular complexity index is 538. The summed E-state index contributed by atoms with van der Waals surface area (Å²) >= 11 is 3.42. The van der Waals surface area contributed by atoms with E-state index in [1.54, 1.807) is 19.2 Å². The maximum absolute atomic E-state index is 9.23. The highest BCUT2D eigenvalue weighted by molar-refractivity contribution is 9.08. The Morgan fingerprint density at radius 2 is 1.68 bits per heavy atom. The van der Waals surface area contributed by atoms with E-state index >= 15 is 0 Å². The Balaban J connectivity index is 2.11. The van der Waals surface area contributed by atoms with Gasteiger partial charge in [0, 0.05) is 5.33 Å². The van der Waals surface area contributed by atoms with Crippen molar-refractivity contribution in [3.05, 3.63) is 53.6 Å². The highest BCUT2D eigenvalue weighted by Gasteiger charge is 2.06. The molecule has 0 heterocycles. The summed E-state index contributed by atoms with van der Waals surface area (Å²) in [4.78, 5) is 0. The highest BCUT2D eigenvalue weighted by atomic mass is 79.9. The van der Waals surface area contributed by atoms with E-state index in [0.29, 0.717) is 18.1 Å². The molecule has 3 nitrogen and oxygen atoms in total. The molecular weight excluding hydrogens is 308 g/mol. The van der Waals surface area contributed by atoms with Crippen molar-refractivity contribution in [1.29, 1.82) is 0 Å². The van der Waals surface area contributed by atoms with E-state index in [-0.39, 0.29) is 5.75 Å². The van der Waals surface area contributed by atoms with Gasteiger partial charge < -0.3 is 14.6 Å². The Kier molecular flexibility index (Phi) is 4.68. The van der Waals surface area contributed by atoms with Crippen LogP contribution >= 0.6 is 15.9 Å². The molecule has 0 aliphatic heterocycles. The third-order valence-corrected chi connectivity index (χ3v) is 3.36. The zero-order valence-electron chi connectivity index (χ0n) is 10.6. The Labute approximate surface area is 120 Å². The topological polar surface area (TPSA) is 38.7 Å². The number of hydrogen-bond donors (Lipinski definition) is 1. The van der Waals surface area contributed by atoms with Gasteiger partial charge in [-0.1, -0.05) is 34.1 Å². The summed E-state index contributed by atoms with van der Waals surface area (Å²) in [6.07, 6.45) is 0. The Morgan fingerprint density at radius 1 is 1.00 bits per heavy atom. The number of halogens is 1. The number of aromatic hydroxyl groups is 1. The fourth-order valence-electron chi connectivity index (χ4n) is 1.67. The number of phenols is 1. The third kappa shape index (κ3) is 3.64. The van der Waals surface area contributed by atoms with Crippen LogP contribution < -0.4 is 9.47 Å². The predicted molar refractivity (Wildman–Crippen MR) is 78.1 cm³/mol. The number of methoxy groups -OCH3 is 1. The maximum atomic E-state index is 9.23. The van der Waals surface area contributed by atoms with E-state index in [1.165, 1.54) is 0 Å². The van der Waals surface area contributed by atoms with E-state index in [1.807, 2.05) is 30.3 Å². The van der Waals surface area contributed by atoms with Crippen LogP contribution in [0, 0.1) is 0 Å². The molecule has 0 aliphatic carbocycles. The van der Waals surface area contributed by atoms with Crippen LogP contribution in [-0.4, -0.2) is 12.2 Å². The van der Waals surface area contributed by atoms with Gasteiger partial charge in [0.1, 0.15) is 12.4 Å². The van der Waals surface area contributed by atoms with Crippen LogP contribution in [0.2, 0.25) is 0 Å². The summed E-state index contributed by atoms with van der Waals surface area (Å²) in [7, 11) is 1.62. The molecule has 0 aliphatic rings. The summed E-state index contributed by atoms with van der Waals surface area (Å²) in [5.41, 5.74) is 2.12. The number of hydrogen-bond acceptors (Lipinski definition) is 3. The monoisotopic (exact) mass is 322 g/mol. The first-order valence-electron chi connectivity index (χ1n) is 5.86. The number of alkyl halides is 1. The van der Waals surface area contributed by atoms with Gasteiger partial charge in [-0.25, -0.2) is 0 Å². The normalized spacial score (nSPS) is 10.2. The standard InChI is InChI=1S/C15H15BrO3/c1-18-14-7-4-12(9-16)8-15(14)19-10-11-2-5-13(17)6-3-11/h2-8,17H,9-10H2,1H3. The molecule has 0 spiro atoms. The molecular formula is C15H15BrO3. The molecule has 19 heavy (non-hydrogen) atoms. The molecule has 100 valence electrons. The average Bonchev–Trinajstić information content (AvgIpc) is 2.46. The zero-order chi connectivity index (χ0) is 13.7. The van der Waals surface area contributed by atoms with Crippen molar-refractivity contribution in [3.8, 4) is 17.2 Å². The van der Waals surface area contributed by atoms with E-state index in [0.717, 1.165) is 16.5 Å². The van der Waals surface area contributed by atoms with Gasteiger partial charge in [0.15, 0.2) is 11.5 Å². The van der Waals surface area contributed by atoms with E-state index in [2.05, 4.69) is 15.9 Å². The van der Waals surface area contributed by atoms with Crippen molar-refractivity contribution in [2.24, 2.45) is 0 Å². The van der Waals surface area contributed by atoms with Crippen molar-refractivity contribution in [2.75, 3.05) is 7.11 Å². The van der Waals surface area contributed by atoms with Gasteiger partial charge in [0.25, 0.3) is 0 Å². The zero-order valence-corrected chi connectivity index (χ0v) is 12.2. The number of benzene rings is 2. The summed E-state index contributed by atoms with van der Waals surface area (Å²) in [5, 5.41) is 10.00. The molecule has 0 amide bonds. The van der Waals surface area contributed by atoms with Crippen molar-refractivity contribution in [3.63, 3.8) is 0 Å². The van der Waals surface area contributed by atoms with Gasteiger partial charge in [-0.05, 0) is 35.4 Å². The smallest absolute Gasteiger partial charge is 0.161 e. The quantitative estimate of drug-likeness (QED) is 0.849. The van der Waals surface area contributed by atoms with E-state index < -0.39 is 0 Å². The fourth-order valence-corrected chi connectivity index (χ4v) is 2.02. The SMILES string of the molecule is COc1ccc(CBr)cc1OCc1ccc(O)cc1. The van der Waals surface area contributed by atoms with Crippen LogP contribution in [-0.2, 0) is 11.9 Å². The van der Waals surface area contributed by atoms with Crippen LogP contribution in [0.3, 0.4) is 0 Å². The van der Waals surface area contributed by atoms with Crippen molar-refractivity contribution < 1.29 is 14.6 Å². The van der Waals surface area contributed by atoms with Crippen molar-refractivity contribution >= 4 is 15.9 Å².